The maximum Gasteiger partial charge on any atom is 0.0630 e. The number of nitrogens with zero attached hydrogens (tertiary/aromatic N) is 2. The standard InChI is InChI=1S/C9H10N2O/c1-2-8-11(10-12)9-6-4-3-5-7-9/h2-7H,1,8H2. The highest BCUT2D eigenvalue weighted by Crippen LogP contribution is 2.12. The van der Waals surface area contributed by atoms with Crippen molar-refractivity contribution in [2.75, 3.05) is 11.6 Å². The van der Waals surface area contributed by atoms with Crippen molar-refractivity contribution in [3.05, 3.63) is 47.9 Å². The maximum atomic E-state index is 10.3. The van der Waals surface area contributed by atoms with E-state index in [1.54, 1.807) is 6.08 Å². The van der Waals surface area contributed by atoms with Crippen LogP contribution in [0, 0.1) is 4.91 Å². The number of para-hydroxylation sites is 1. The van der Waals surface area contributed by atoms with Crippen LogP contribution in [0.5, 0.6) is 0 Å². The van der Waals surface area contributed by atoms with E-state index >= 15 is 0 Å². The molecule has 1 rings (SSSR count). The molecule has 0 bridgehead atoms. The van der Waals surface area contributed by atoms with Crippen LogP contribution >= 0.6 is 0 Å². The predicted molar refractivity (Wildman–Crippen MR) is 49.8 cm³/mol. The molecule has 0 aliphatic heterocycles. The molecule has 0 fully saturated rings. The monoisotopic (exact) mass is 162 g/mol. The number of hydrogen-bond acceptors (Lipinski definition) is 2. The minimum atomic E-state index is 0.438. The van der Waals surface area contributed by atoms with Crippen LogP contribution in [0.3, 0.4) is 0 Å². The van der Waals surface area contributed by atoms with Crippen molar-refractivity contribution < 1.29 is 0 Å². The highest BCUT2D eigenvalue weighted by molar-refractivity contribution is 5.45. The molecular weight excluding hydrogens is 152 g/mol. The Kier molecular flexibility index (Phi) is 3.02. The van der Waals surface area contributed by atoms with Crippen LogP contribution in [0.15, 0.2) is 48.3 Å². The van der Waals surface area contributed by atoms with Crippen molar-refractivity contribution in [3.63, 3.8) is 0 Å². The lowest BCUT2D eigenvalue weighted by molar-refractivity contribution is 0.932. The van der Waals surface area contributed by atoms with Gasteiger partial charge in [-0.3, -0.25) is 0 Å². The van der Waals surface area contributed by atoms with Crippen LogP contribution in [-0.2, 0) is 0 Å². The van der Waals surface area contributed by atoms with E-state index in [0.717, 1.165) is 5.69 Å². The van der Waals surface area contributed by atoms with E-state index in [2.05, 4.69) is 11.9 Å². The van der Waals surface area contributed by atoms with Crippen LogP contribution < -0.4 is 5.01 Å². The van der Waals surface area contributed by atoms with Gasteiger partial charge in [0.15, 0.2) is 0 Å². The summed E-state index contributed by atoms with van der Waals surface area (Å²) in [6.45, 7) is 3.97. The fraction of sp³-hybridized carbons (Fsp3) is 0.111. The Balaban J connectivity index is 2.79. The molecule has 0 radical (unpaired) electrons. The first-order chi connectivity index (χ1) is 5.88. The number of rotatable bonds is 4. The molecule has 0 saturated carbocycles. The third-order valence-electron chi connectivity index (χ3n) is 1.45. The predicted octanol–water partition coefficient (Wildman–Crippen LogP) is 2.36. The Morgan fingerprint density at radius 2 is 2.08 bits per heavy atom. The molecule has 0 spiro atoms. The van der Waals surface area contributed by atoms with E-state index in [1.165, 1.54) is 5.01 Å². The number of benzene rings is 1. The molecule has 0 aromatic heterocycles. The fourth-order valence-electron chi connectivity index (χ4n) is 0.908. The Hall–Kier alpha value is -1.64. The third-order valence-corrected chi connectivity index (χ3v) is 1.45. The second kappa shape index (κ2) is 4.28. The fourth-order valence-corrected chi connectivity index (χ4v) is 0.908. The molecule has 1 aromatic rings. The molecule has 0 amide bonds. The van der Waals surface area contributed by atoms with E-state index < -0.39 is 0 Å². The van der Waals surface area contributed by atoms with Gasteiger partial charge in [-0.1, -0.05) is 24.3 Å². The second-order valence-electron chi connectivity index (χ2n) is 2.29. The van der Waals surface area contributed by atoms with Gasteiger partial charge in [0.05, 0.1) is 17.5 Å². The Morgan fingerprint density at radius 3 is 2.58 bits per heavy atom. The third kappa shape index (κ3) is 1.92. The molecule has 1 aromatic carbocycles. The number of nitroso groups, excluding NO2 is 1. The molecule has 12 heavy (non-hydrogen) atoms. The van der Waals surface area contributed by atoms with Crippen LogP contribution in [0.4, 0.5) is 5.69 Å². The van der Waals surface area contributed by atoms with Crippen molar-refractivity contribution >= 4 is 5.69 Å². The molecule has 0 heterocycles. The zero-order valence-electron chi connectivity index (χ0n) is 6.68. The van der Waals surface area contributed by atoms with Gasteiger partial charge in [0.1, 0.15) is 0 Å². The minimum Gasteiger partial charge on any atom is -0.226 e. The molecular formula is C9H10N2O. The largest absolute Gasteiger partial charge is 0.226 e. The number of hydrogen-bond donors (Lipinski definition) is 0. The summed E-state index contributed by atoms with van der Waals surface area (Å²) in [6.07, 6.45) is 1.63. The molecule has 0 aliphatic rings. The SMILES string of the molecule is C=CCN(N=O)c1ccccc1. The van der Waals surface area contributed by atoms with E-state index in [9.17, 15) is 4.91 Å². The molecule has 0 saturated heterocycles. The summed E-state index contributed by atoms with van der Waals surface area (Å²) >= 11 is 0. The van der Waals surface area contributed by atoms with Gasteiger partial charge in [-0.25, -0.2) is 5.01 Å². The molecule has 0 N–H and O–H groups in total. The van der Waals surface area contributed by atoms with Crippen LogP contribution in [0.1, 0.15) is 0 Å². The Labute approximate surface area is 71.3 Å². The van der Waals surface area contributed by atoms with Crippen molar-refractivity contribution in [1.82, 2.24) is 0 Å². The lowest BCUT2D eigenvalue weighted by Gasteiger charge is -2.11. The van der Waals surface area contributed by atoms with E-state index in [0.29, 0.717) is 6.54 Å². The van der Waals surface area contributed by atoms with Crippen molar-refractivity contribution in [3.8, 4) is 0 Å². The highest BCUT2D eigenvalue weighted by atomic mass is 16.3. The lowest BCUT2D eigenvalue weighted by atomic mass is 10.3. The first-order valence-corrected chi connectivity index (χ1v) is 3.65. The summed E-state index contributed by atoms with van der Waals surface area (Å²) in [5.41, 5.74) is 0.785. The molecule has 0 atom stereocenters. The molecule has 0 unspecified atom stereocenters. The first kappa shape index (κ1) is 8.46. The Bertz CT molecular complexity index is 258. The highest BCUT2D eigenvalue weighted by Gasteiger charge is 2.01. The van der Waals surface area contributed by atoms with Gasteiger partial charge in [-0.15, -0.1) is 11.5 Å². The normalized spacial score (nSPS) is 9.00. The van der Waals surface area contributed by atoms with Gasteiger partial charge < -0.3 is 0 Å². The molecule has 0 aliphatic carbocycles. The van der Waals surface area contributed by atoms with E-state index in [-0.39, 0.29) is 0 Å². The lowest BCUT2D eigenvalue weighted by Crippen LogP contribution is -2.14. The molecule has 3 heteroatoms. The van der Waals surface area contributed by atoms with Gasteiger partial charge in [-0.05, 0) is 12.1 Å². The smallest absolute Gasteiger partial charge is 0.0630 e. The van der Waals surface area contributed by atoms with Gasteiger partial charge in [0.2, 0.25) is 0 Å². The second-order valence-corrected chi connectivity index (χ2v) is 2.29. The van der Waals surface area contributed by atoms with Crippen molar-refractivity contribution in [2.24, 2.45) is 5.29 Å². The van der Waals surface area contributed by atoms with Crippen LogP contribution in [-0.4, -0.2) is 6.54 Å². The van der Waals surface area contributed by atoms with E-state index in [4.69, 9.17) is 0 Å². The maximum absolute atomic E-state index is 10.3. The summed E-state index contributed by atoms with van der Waals surface area (Å²) in [7, 11) is 0. The topological polar surface area (TPSA) is 32.7 Å². The van der Waals surface area contributed by atoms with Crippen molar-refractivity contribution in [2.45, 2.75) is 0 Å². The quantitative estimate of drug-likeness (QED) is 0.387. The average Bonchev–Trinajstić information content (AvgIpc) is 2.15. The number of anilines is 1. The zero-order chi connectivity index (χ0) is 8.81. The molecule has 62 valence electrons. The summed E-state index contributed by atoms with van der Waals surface area (Å²) in [4.78, 5) is 10.3. The minimum absolute atomic E-state index is 0.438. The van der Waals surface area contributed by atoms with Gasteiger partial charge in [-0.2, -0.15) is 0 Å². The summed E-state index contributed by atoms with van der Waals surface area (Å²) in [5, 5.41) is 4.20. The van der Waals surface area contributed by atoms with E-state index in [1.807, 2.05) is 30.3 Å². The van der Waals surface area contributed by atoms with Crippen LogP contribution in [0.2, 0.25) is 0 Å². The molecule has 3 nitrogen and oxygen atoms in total. The summed E-state index contributed by atoms with van der Waals surface area (Å²) in [5.74, 6) is 0. The average molecular weight is 162 g/mol. The van der Waals surface area contributed by atoms with Gasteiger partial charge in [0.25, 0.3) is 0 Å². The zero-order valence-corrected chi connectivity index (χ0v) is 6.68. The van der Waals surface area contributed by atoms with Crippen LogP contribution in [0.25, 0.3) is 0 Å². The van der Waals surface area contributed by atoms with Gasteiger partial charge >= 0.3 is 0 Å². The van der Waals surface area contributed by atoms with Crippen molar-refractivity contribution in [1.29, 1.82) is 0 Å². The Morgan fingerprint density at radius 1 is 1.42 bits per heavy atom. The van der Waals surface area contributed by atoms with Gasteiger partial charge in [0, 0.05) is 0 Å². The first-order valence-electron chi connectivity index (χ1n) is 3.65. The summed E-state index contributed by atoms with van der Waals surface area (Å²) < 4.78 is 0. The summed E-state index contributed by atoms with van der Waals surface area (Å²) in [6, 6.07) is 9.25.